The quantitative estimate of drug-likeness (QED) is 0.819. The maximum Gasteiger partial charge on any atom is 0.573 e. The zero-order chi connectivity index (χ0) is 13.3. The van der Waals surface area contributed by atoms with Crippen molar-refractivity contribution in [1.29, 1.82) is 0 Å². The van der Waals surface area contributed by atoms with E-state index >= 15 is 0 Å². The Bertz CT molecular complexity index is 561. The highest BCUT2D eigenvalue weighted by molar-refractivity contribution is 5.61. The highest BCUT2D eigenvalue weighted by atomic mass is 19.4. The van der Waals surface area contributed by atoms with E-state index in [-0.39, 0.29) is 5.75 Å². The standard InChI is InChI=1S/C12H10F3NO2/c1-7-11(17-8(2)16-7)9-4-3-5-10(6-9)18-12(13,14)15/h3-6H,1-2H3. The van der Waals surface area contributed by atoms with Gasteiger partial charge in [-0.1, -0.05) is 12.1 Å². The molecule has 0 unspecified atom stereocenters. The number of aryl methyl sites for hydroxylation is 2. The molecule has 0 fully saturated rings. The molecule has 0 aliphatic carbocycles. The second kappa shape index (κ2) is 4.36. The summed E-state index contributed by atoms with van der Waals surface area (Å²) in [6, 6.07) is 5.60. The fourth-order valence-electron chi connectivity index (χ4n) is 1.63. The van der Waals surface area contributed by atoms with Gasteiger partial charge in [0.05, 0.1) is 5.69 Å². The molecule has 0 radical (unpaired) electrons. The molecule has 2 rings (SSSR count). The first-order valence-electron chi connectivity index (χ1n) is 5.15. The Labute approximate surface area is 101 Å². The van der Waals surface area contributed by atoms with Crippen molar-refractivity contribution in [1.82, 2.24) is 4.98 Å². The molecule has 0 bridgehead atoms. The molecule has 0 saturated carbocycles. The van der Waals surface area contributed by atoms with Gasteiger partial charge in [0, 0.05) is 12.5 Å². The molecular weight excluding hydrogens is 247 g/mol. The molecule has 18 heavy (non-hydrogen) atoms. The normalized spacial score (nSPS) is 11.6. The predicted molar refractivity (Wildman–Crippen MR) is 58.1 cm³/mol. The van der Waals surface area contributed by atoms with E-state index in [4.69, 9.17) is 4.42 Å². The molecule has 0 spiro atoms. The highest BCUT2D eigenvalue weighted by Crippen LogP contribution is 2.29. The lowest BCUT2D eigenvalue weighted by Crippen LogP contribution is -2.17. The Morgan fingerprint density at radius 1 is 1.22 bits per heavy atom. The van der Waals surface area contributed by atoms with Crippen molar-refractivity contribution in [2.75, 3.05) is 0 Å². The van der Waals surface area contributed by atoms with E-state index in [0.717, 1.165) is 0 Å². The van der Waals surface area contributed by atoms with Gasteiger partial charge in [0.25, 0.3) is 0 Å². The fraction of sp³-hybridized carbons (Fsp3) is 0.250. The summed E-state index contributed by atoms with van der Waals surface area (Å²) in [4.78, 5) is 4.06. The maximum absolute atomic E-state index is 12.1. The van der Waals surface area contributed by atoms with Gasteiger partial charge in [-0.15, -0.1) is 13.2 Å². The van der Waals surface area contributed by atoms with Gasteiger partial charge >= 0.3 is 6.36 Å². The number of benzene rings is 1. The Balaban J connectivity index is 2.36. The third kappa shape index (κ3) is 2.82. The second-order valence-corrected chi connectivity index (χ2v) is 3.72. The molecule has 1 heterocycles. The summed E-state index contributed by atoms with van der Waals surface area (Å²) in [5, 5.41) is 0. The van der Waals surface area contributed by atoms with Crippen molar-refractivity contribution < 1.29 is 22.3 Å². The van der Waals surface area contributed by atoms with E-state index in [1.54, 1.807) is 19.9 Å². The topological polar surface area (TPSA) is 35.3 Å². The van der Waals surface area contributed by atoms with Crippen LogP contribution in [0, 0.1) is 13.8 Å². The van der Waals surface area contributed by atoms with E-state index in [1.165, 1.54) is 18.2 Å². The van der Waals surface area contributed by atoms with Crippen LogP contribution in [0.15, 0.2) is 28.7 Å². The summed E-state index contributed by atoms with van der Waals surface area (Å²) in [7, 11) is 0. The van der Waals surface area contributed by atoms with Gasteiger partial charge in [-0.2, -0.15) is 0 Å². The van der Waals surface area contributed by atoms with Gasteiger partial charge in [0.1, 0.15) is 5.75 Å². The van der Waals surface area contributed by atoms with E-state index < -0.39 is 6.36 Å². The van der Waals surface area contributed by atoms with Gasteiger partial charge < -0.3 is 9.15 Å². The smallest absolute Gasteiger partial charge is 0.441 e. The first kappa shape index (κ1) is 12.5. The highest BCUT2D eigenvalue weighted by Gasteiger charge is 2.31. The molecule has 0 amide bonds. The Morgan fingerprint density at radius 3 is 2.50 bits per heavy atom. The minimum atomic E-state index is -4.70. The average Bonchev–Trinajstić information content (AvgIpc) is 2.55. The van der Waals surface area contributed by atoms with Gasteiger partial charge in [-0.05, 0) is 19.1 Å². The molecule has 1 aromatic heterocycles. The van der Waals surface area contributed by atoms with E-state index in [0.29, 0.717) is 22.9 Å². The number of aromatic nitrogens is 1. The molecule has 0 saturated heterocycles. The fourth-order valence-corrected chi connectivity index (χ4v) is 1.63. The molecule has 3 nitrogen and oxygen atoms in total. The summed E-state index contributed by atoms with van der Waals surface area (Å²) < 4.78 is 45.5. The number of oxazole rings is 1. The van der Waals surface area contributed by atoms with Crippen LogP contribution in [0.4, 0.5) is 13.2 Å². The number of hydrogen-bond acceptors (Lipinski definition) is 3. The first-order valence-corrected chi connectivity index (χ1v) is 5.15. The maximum atomic E-state index is 12.1. The number of ether oxygens (including phenoxy) is 1. The van der Waals surface area contributed by atoms with Crippen LogP contribution in [-0.2, 0) is 0 Å². The first-order chi connectivity index (χ1) is 8.35. The number of rotatable bonds is 2. The zero-order valence-corrected chi connectivity index (χ0v) is 9.71. The lowest BCUT2D eigenvalue weighted by atomic mass is 10.1. The van der Waals surface area contributed by atoms with Gasteiger partial charge in [0.15, 0.2) is 11.7 Å². The zero-order valence-electron chi connectivity index (χ0n) is 9.71. The predicted octanol–water partition coefficient (Wildman–Crippen LogP) is 3.86. The summed E-state index contributed by atoms with van der Waals surface area (Å²) >= 11 is 0. The Morgan fingerprint density at radius 2 is 1.94 bits per heavy atom. The molecular formula is C12H10F3NO2. The van der Waals surface area contributed by atoms with E-state index in [2.05, 4.69) is 9.72 Å². The molecule has 96 valence electrons. The molecule has 2 aromatic rings. The Hall–Kier alpha value is -1.98. The molecule has 0 N–H and O–H groups in total. The van der Waals surface area contributed by atoms with Crippen LogP contribution < -0.4 is 4.74 Å². The molecule has 0 aliphatic rings. The number of alkyl halides is 3. The van der Waals surface area contributed by atoms with Gasteiger partial charge in [-0.3, -0.25) is 0 Å². The van der Waals surface area contributed by atoms with Crippen LogP contribution in [0.1, 0.15) is 11.6 Å². The lowest BCUT2D eigenvalue weighted by molar-refractivity contribution is -0.274. The second-order valence-electron chi connectivity index (χ2n) is 3.72. The van der Waals surface area contributed by atoms with Crippen molar-refractivity contribution in [2.24, 2.45) is 0 Å². The lowest BCUT2D eigenvalue weighted by Gasteiger charge is -2.09. The summed E-state index contributed by atoms with van der Waals surface area (Å²) in [5.74, 6) is 0.623. The minimum Gasteiger partial charge on any atom is -0.441 e. The number of hydrogen-bond donors (Lipinski definition) is 0. The SMILES string of the molecule is Cc1nc(C)c(-c2cccc(OC(F)(F)F)c2)o1. The third-order valence-electron chi connectivity index (χ3n) is 2.23. The molecule has 0 atom stereocenters. The van der Waals surface area contributed by atoms with Crippen LogP contribution in [0.25, 0.3) is 11.3 Å². The number of halogens is 3. The van der Waals surface area contributed by atoms with Crippen molar-refractivity contribution in [3.8, 4) is 17.1 Å². The van der Waals surface area contributed by atoms with E-state index in [9.17, 15) is 13.2 Å². The molecule has 6 heteroatoms. The van der Waals surface area contributed by atoms with Crippen molar-refractivity contribution in [3.05, 3.63) is 35.9 Å². The van der Waals surface area contributed by atoms with Crippen LogP contribution in [0.3, 0.4) is 0 Å². The molecule has 1 aromatic carbocycles. The van der Waals surface area contributed by atoms with Crippen molar-refractivity contribution >= 4 is 0 Å². The monoisotopic (exact) mass is 257 g/mol. The molecule has 0 aliphatic heterocycles. The summed E-state index contributed by atoms with van der Waals surface area (Å²) in [5.41, 5.74) is 1.12. The van der Waals surface area contributed by atoms with Gasteiger partial charge in [0.2, 0.25) is 0 Å². The van der Waals surface area contributed by atoms with E-state index in [1.807, 2.05) is 0 Å². The third-order valence-corrected chi connectivity index (χ3v) is 2.23. The largest absolute Gasteiger partial charge is 0.573 e. The van der Waals surface area contributed by atoms with Crippen molar-refractivity contribution in [3.63, 3.8) is 0 Å². The summed E-state index contributed by atoms with van der Waals surface area (Å²) in [6.45, 7) is 3.40. The van der Waals surface area contributed by atoms with Crippen molar-refractivity contribution in [2.45, 2.75) is 20.2 Å². The number of nitrogens with zero attached hydrogens (tertiary/aromatic N) is 1. The van der Waals surface area contributed by atoms with Crippen LogP contribution in [-0.4, -0.2) is 11.3 Å². The van der Waals surface area contributed by atoms with Crippen LogP contribution in [0.2, 0.25) is 0 Å². The average molecular weight is 257 g/mol. The van der Waals surface area contributed by atoms with Gasteiger partial charge in [-0.25, -0.2) is 4.98 Å². The van der Waals surface area contributed by atoms with Crippen LogP contribution in [0.5, 0.6) is 5.75 Å². The Kier molecular flexibility index (Phi) is 3.02. The minimum absolute atomic E-state index is 0.284. The summed E-state index contributed by atoms with van der Waals surface area (Å²) in [6.07, 6.45) is -4.70. The van der Waals surface area contributed by atoms with Crippen LogP contribution >= 0.6 is 0 Å².